The molecule has 12 heteroatoms. The van der Waals surface area contributed by atoms with Gasteiger partial charge in [-0.3, -0.25) is 19.2 Å². The third-order valence-corrected chi connectivity index (χ3v) is 9.14. The lowest BCUT2D eigenvalue weighted by molar-refractivity contribution is -0.136. The maximum Gasteiger partial charge on any atom is 0.243 e. The Hall–Kier alpha value is -4.25. The summed E-state index contributed by atoms with van der Waals surface area (Å²) in [5.41, 5.74) is 16.5. The normalized spacial score (nSPS) is 20.2. The van der Waals surface area contributed by atoms with Gasteiger partial charge in [-0.15, -0.1) is 0 Å². The lowest BCUT2D eigenvalue weighted by Gasteiger charge is -2.33. The fourth-order valence-electron chi connectivity index (χ4n) is 6.09. The summed E-state index contributed by atoms with van der Waals surface area (Å²) >= 11 is 0. The third kappa shape index (κ3) is 9.87. The molecule has 252 valence electrons. The van der Waals surface area contributed by atoms with Crippen LogP contribution in [0.3, 0.4) is 0 Å². The smallest absolute Gasteiger partial charge is 0.243 e. The average molecular weight is 646 g/mol. The predicted molar refractivity (Wildman–Crippen MR) is 178 cm³/mol. The van der Waals surface area contributed by atoms with Gasteiger partial charge in [-0.25, -0.2) is 0 Å². The van der Waals surface area contributed by atoms with E-state index in [1.807, 2.05) is 68.4 Å². The molecule has 2 aromatic rings. The summed E-state index contributed by atoms with van der Waals surface area (Å²) in [4.78, 5) is 57.6. The molecule has 1 unspecified atom stereocenters. The number of ketones is 1. The van der Waals surface area contributed by atoms with Crippen LogP contribution in [0, 0.1) is 11.8 Å². The Morgan fingerprint density at radius 1 is 0.894 bits per heavy atom. The molecule has 1 saturated heterocycles. The SMILES string of the molecule is CC(C)[C@H](NC(=O)[C@H](Cc1ccc(CN)cc1)NC(=O)C(Cc1ccccc1)N=[N+]=[N-])C(=O)N[C@H](C(=O)[C@@]1(C)CO1)C1CCCCC1. The van der Waals surface area contributed by atoms with Gasteiger partial charge in [0, 0.05) is 17.9 Å². The molecular weight excluding hydrogens is 598 g/mol. The molecule has 0 radical (unpaired) electrons. The van der Waals surface area contributed by atoms with E-state index in [1.54, 1.807) is 6.92 Å². The summed E-state index contributed by atoms with van der Waals surface area (Å²) in [6.07, 6.45) is 4.99. The Morgan fingerprint density at radius 3 is 2.09 bits per heavy atom. The number of benzene rings is 2. The second-order valence-electron chi connectivity index (χ2n) is 13.2. The van der Waals surface area contributed by atoms with Gasteiger partial charge in [-0.1, -0.05) is 92.8 Å². The van der Waals surface area contributed by atoms with E-state index in [4.69, 9.17) is 10.5 Å². The summed E-state index contributed by atoms with van der Waals surface area (Å²) in [6.45, 7) is 6.04. The number of ether oxygens (including phenoxy) is 1. The van der Waals surface area contributed by atoms with E-state index in [9.17, 15) is 24.7 Å². The molecule has 2 fully saturated rings. The highest BCUT2D eigenvalue weighted by molar-refractivity contribution is 5.99. The summed E-state index contributed by atoms with van der Waals surface area (Å²) in [5, 5.41) is 12.3. The van der Waals surface area contributed by atoms with Crippen molar-refractivity contribution in [2.24, 2.45) is 22.7 Å². The van der Waals surface area contributed by atoms with Crippen molar-refractivity contribution in [3.05, 3.63) is 81.7 Å². The van der Waals surface area contributed by atoms with Crippen LogP contribution in [0.15, 0.2) is 59.7 Å². The first-order valence-corrected chi connectivity index (χ1v) is 16.5. The maximum atomic E-state index is 13.9. The second-order valence-corrected chi connectivity index (χ2v) is 13.2. The third-order valence-electron chi connectivity index (χ3n) is 9.14. The van der Waals surface area contributed by atoms with E-state index < -0.39 is 47.5 Å². The molecule has 0 bridgehead atoms. The standard InChI is InChI=1S/C35H47N7O5/c1-22(2)29(34(46)40-30(26-12-8-5-9-13-26)31(43)35(3)21-47-35)39-32(44)27(18-24-14-16-25(20-36)17-15-24)38-33(45)28(41-42-37)19-23-10-6-4-7-11-23/h4,6-7,10-11,14-17,22,26-30H,5,8-9,12-13,18-21,36H2,1-3H3,(H,38,45)(H,39,44)(H,40,46)/t27-,28?,29-,30-,35+/m0/s1. The van der Waals surface area contributed by atoms with Gasteiger partial charge in [-0.2, -0.15) is 0 Å². The lowest BCUT2D eigenvalue weighted by Crippen LogP contribution is -2.60. The molecule has 5 N–H and O–H groups in total. The fourth-order valence-corrected chi connectivity index (χ4v) is 6.09. The van der Waals surface area contributed by atoms with Crippen molar-refractivity contribution in [3.63, 3.8) is 0 Å². The van der Waals surface area contributed by atoms with Gasteiger partial charge in [0.15, 0.2) is 5.78 Å². The minimum atomic E-state index is -1.10. The molecule has 0 spiro atoms. The zero-order valence-electron chi connectivity index (χ0n) is 27.5. The van der Waals surface area contributed by atoms with Crippen LogP contribution in [0.4, 0.5) is 0 Å². The summed E-state index contributed by atoms with van der Waals surface area (Å²) in [5.74, 6) is -2.13. The summed E-state index contributed by atoms with van der Waals surface area (Å²) < 4.78 is 5.45. The summed E-state index contributed by atoms with van der Waals surface area (Å²) in [7, 11) is 0. The number of nitrogens with zero attached hydrogens (tertiary/aromatic N) is 3. The zero-order valence-corrected chi connectivity index (χ0v) is 27.5. The number of azide groups is 1. The molecule has 1 saturated carbocycles. The molecule has 1 heterocycles. The largest absolute Gasteiger partial charge is 0.361 e. The number of hydrogen-bond donors (Lipinski definition) is 4. The Bertz CT molecular complexity index is 1430. The monoisotopic (exact) mass is 645 g/mol. The maximum absolute atomic E-state index is 13.9. The molecular formula is C35H47N7O5. The highest BCUT2D eigenvalue weighted by atomic mass is 16.6. The number of carbonyl (C=O) groups is 4. The van der Waals surface area contributed by atoms with Crippen molar-refractivity contribution in [3.8, 4) is 0 Å². The first-order chi connectivity index (χ1) is 22.5. The number of nitrogens with one attached hydrogen (secondary N) is 3. The predicted octanol–water partition coefficient (Wildman–Crippen LogP) is 3.66. The molecule has 47 heavy (non-hydrogen) atoms. The molecule has 2 aromatic carbocycles. The van der Waals surface area contributed by atoms with Crippen LogP contribution in [0.5, 0.6) is 0 Å². The van der Waals surface area contributed by atoms with E-state index in [2.05, 4.69) is 26.0 Å². The quantitative estimate of drug-likeness (QED) is 0.0932. The Balaban J connectivity index is 1.54. The minimum Gasteiger partial charge on any atom is -0.361 e. The van der Waals surface area contributed by atoms with Gasteiger partial charge >= 0.3 is 0 Å². The number of hydrogen-bond acceptors (Lipinski definition) is 7. The van der Waals surface area contributed by atoms with Crippen LogP contribution >= 0.6 is 0 Å². The van der Waals surface area contributed by atoms with E-state index in [0.717, 1.165) is 48.8 Å². The first-order valence-electron chi connectivity index (χ1n) is 16.5. The van der Waals surface area contributed by atoms with Crippen LogP contribution in [0.2, 0.25) is 0 Å². The van der Waals surface area contributed by atoms with Crippen molar-refractivity contribution in [1.82, 2.24) is 16.0 Å². The van der Waals surface area contributed by atoms with E-state index in [0.29, 0.717) is 13.2 Å². The Kier molecular flexibility index (Phi) is 12.5. The van der Waals surface area contributed by atoms with Crippen LogP contribution in [0.25, 0.3) is 10.4 Å². The number of rotatable bonds is 16. The van der Waals surface area contributed by atoms with Crippen LogP contribution in [0.1, 0.15) is 69.6 Å². The molecule has 1 aliphatic carbocycles. The van der Waals surface area contributed by atoms with Crippen LogP contribution in [-0.4, -0.2) is 59.9 Å². The molecule has 0 aromatic heterocycles. The topological polar surface area (TPSA) is 192 Å². The molecule has 1 aliphatic heterocycles. The van der Waals surface area contributed by atoms with Gasteiger partial charge in [0.25, 0.3) is 0 Å². The lowest BCUT2D eigenvalue weighted by atomic mass is 9.79. The zero-order chi connectivity index (χ0) is 34.0. The number of amides is 3. The van der Waals surface area contributed by atoms with Gasteiger partial charge in [0.05, 0.1) is 12.6 Å². The van der Waals surface area contributed by atoms with Crippen molar-refractivity contribution in [2.75, 3.05) is 6.61 Å². The highest BCUT2D eigenvalue weighted by Crippen LogP contribution is 2.34. The van der Waals surface area contributed by atoms with Crippen molar-refractivity contribution in [2.45, 2.75) is 102 Å². The van der Waals surface area contributed by atoms with Gasteiger partial charge in [-0.05, 0) is 60.2 Å². The first kappa shape index (κ1) is 35.6. The van der Waals surface area contributed by atoms with Crippen molar-refractivity contribution in [1.29, 1.82) is 0 Å². The minimum absolute atomic E-state index is 0.00416. The number of Topliss-reactive ketones (excluding diaryl/α,β-unsaturated/α-hetero) is 1. The molecule has 3 amide bonds. The fraction of sp³-hybridized carbons (Fsp3) is 0.543. The molecule has 12 nitrogen and oxygen atoms in total. The average Bonchev–Trinajstić information content (AvgIpc) is 3.84. The van der Waals surface area contributed by atoms with Gasteiger partial charge in [0.1, 0.15) is 23.7 Å². The van der Waals surface area contributed by atoms with Gasteiger partial charge in [0.2, 0.25) is 17.7 Å². The van der Waals surface area contributed by atoms with Crippen LogP contribution < -0.4 is 21.7 Å². The number of nitrogens with two attached hydrogens (primary N) is 1. The Labute approximate surface area is 276 Å². The van der Waals surface area contributed by atoms with E-state index in [-0.39, 0.29) is 30.5 Å². The highest BCUT2D eigenvalue weighted by Gasteiger charge is 2.52. The van der Waals surface area contributed by atoms with Crippen molar-refractivity contribution >= 4 is 23.5 Å². The number of carbonyl (C=O) groups excluding carboxylic acids is 4. The second kappa shape index (κ2) is 16.5. The Morgan fingerprint density at radius 2 is 1.51 bits per heavy atom. The molecule has 5 atom stereocenters. The van der Waals surface area contributed by atoms with E-state index in [1.165, 1.54) is 0 Å². The van der Waals surface area contributed by atoms with Crippen molar-refractivity contribution < 1.29 is 23.9 Å². The van der Waals surface area contributed by atoms with Gasteiger partial charge < -0.3 is 26.4 Å². The van der Waals surface area contributed by atoms with E-state index >= 15 is 0 Å². The molecule has 4 rings (SSSR count). The number of epoxide rings is 1. The van der Waals surface area contributed by atoms with Crippen LogP contribution in [-0.2, 0) is 43.3 Å². The summed E-state index contributed by atoms with van der Waals surface area (Å²) in [6, 6.07) is 12.6. The molecule has 2 aliphatic rings.